The molecule has 3 rings (SSSR count). The summed E-state index contributed by atoms with van der Waals surface area (Å²) in [6, 6.07) is 4.99. The van der Waals surface area contributed by atoms with Gasteiger partial charge in [-0.15, -0.1) is 0 Å². The van der Waals surface area contributed by atoms with Crippen LogP contribution < -0.4 is 5.32 Å². The van der Waals surface area contributed by atoms with Gasteiger partial charge in [0.25, 0.3) is 5.69 Å². The monoisotopic (exact) mass is 403 g/mol. The van der Waals surface area contributed by atoms with Gasteiger partial charge in [-0.2, -0.15) is 0 Å². The largest absolute Gasteiger partial charge is 0.465 e. The van der Waals surface area contributed by atoms with Crippen LogP contribution in [0.1, 0.15) is 25.5 Å². The van der Waals surface area contributed by atoms with E-state index in [4.69, 9.17) is 4.74 Å². The molecule has 10 nitrogen and oxygen atoms in total. The van der Waals surface area contributed by atoms with E-state index in [2.05, 4.69) is 22.1 Å². The molecule has 10 heteroatoms. The van der Waals surface area contributed by atoms with Crippen LogP contribution in [0.4, 0.5) is 5.69 Å². The Bertz CT molecular complexity index is 819. The molecule has 2 heterocycles. The molecular formula is C19H25N5O5. The number of carbonyl (C=O) groups is 2. The Balaban J connectivity index is 1.95. The van der Waals surface area contributed by atoms with Gasteiger partial charge in [-0.25, -0.2) is 4.99 Å². The first-order valence-corrected chi connectivity index (χ1v) is 9.71. The molecule has 0 aromatic heterocycles. The zero-order chi connectivity index (χ0) is 21.0. The van der Waals surface area contributed by atoms with Crippen LogP contribution in [0.2, 0.25) is 0 Å². The molecule has 2 unspecified atom stereocenters. The number of piperazine rings is 1. The van der Waals surface area contributed by atoms with Gasteiger partial charge in [-0.05, 0) is 19.0 Å². The van der Waals surface area contributed by atoms with Gasteiger partial charge >= 0.3 is 5.97 Å². The van der Waals surface area contributed by atoms with Gasteiger partial charge in [-0.3, -0.25) is 25.0 Å². The van der Waals surface area contributed by atoms with Gasteiger partial charge in [-0.1, -0.05) is 19.1 Å². The van der Waals surface area contributed by atoms with E-state index in [1.807, 2.05) is 4.90 Å². The maximum Gasteiger partial charge on any atom is 0.321 e. The molecule has 1 aromatic carbocycles. The number of nitrogens with zero attached hydrogens (tertiary/aromatic N) is 4. The second kappa shape index (κ2) is 8.99. The molecule has 2 aliphatic heterocycles. The molecule has 1 saturated heterocycles. The minimum Gasteiger partial charge on any atom is -0.465 e. The summed E-state index contributed by atoms with van der Waals surface area (Å²) in [6.45, 7) is 7.90. The number of carbonyl (C=O) groups excluding carboxylic acids is 2. The normalized spacial score (nSPS) is 22.6. The molecule has 29 heavy (non-hydrogen) atoms. The third-order valence-corrected chi connectivity index (χ3v) is 5.18. The standard InChI is InChI=1S/C19H25N5O5/c1-3-22-8-10-23(11-9-22)19-20-16(13-6-5-7-14(12-13)24(27)28)15(17(25)21-19)18(26)29-4-2/h5-7,12,15-16H,3-4,8-11H2,1-2H3,(H,20,21,25). The molecule has 156 valence electrons. The van der Waals surface area contributed by atoms with Gasteiger partial charge in [0.2, 0.25) is 11.9 Å². The number of hydrogen-bond acceptors (Lipinski definition) is 8. The number of non-ortho nitro benzene ring substituents is 1. The average Bonchev–Trinajstić information content (AvgIpc) is 2.73. The summed E-state index contributed by atoms with van der Waals surface area (Å²) in [6.07, 6.45) is 0. The van der Waals surface area contributed by atoms with E-state index >= 15 is 0 Å². The van der Waals surface area contributed by atoms with Crippen molar-refractivity contribution in [2.24, 2.45) is 10.9 Å². The highest BCUT2D eigenvalue weighted by Crippen LogP contribution is 2.32. The quantitative estimate of drug-likeness (QED) is 0.336. The zero-order valence-electron chi connectivity index (χ0n) is 16.5. The third kappa shape index (κ3) is 4.53. The summed E-state index contributed by atoms with van der Waals surface area (Å²) in [7, 11) is 0. The van der Waals surface area contributed by atoms with Gasteiger partial charge < -0.3 is 14.5 Å². The van der Waals surface area contributed by atoms with Crippen molar-refractivity contribution in [3.8, 4) is 0 Å². The van der Waals surface area contributed by atoms with Crippen molar-refractivity contribution in [3.63, 3.8) is 0 Å². The second-order valence-corrected chi connectivity index (χ2v) is 6.89. The van der Waals surface area contributed by atoms with E-state index in [0.29, 0.717) is 24.6 Å². The summed E-state index contributed by atoms with van der Waals surface area (Å²) in [5.41, 5.74) is 0.307. The van der Waals surface area contributed by atoms with Crippen molar-refractivity contribution in [2.45, 2.75) is 19.9 Å². The van der Waals surface area contributed by atoms with Crippen LogP contribution in [0.3, 0.4) is 0 Å². The Morgan fingerprint density at radius 1 is 1.31 bits per heavy atom. The molecule has 0 saturated carbocycles. The maximum atomic E-state index is 12.8. The summed E-state index contributed by atoms with van der Waals surface area (Å²) < 4.78 is 5.07. The van der Waals surface area contributed by atoms with E-state index in [1.165, 1.54) is 18.2 Å². The van der Waals surface area contributed by atoms with Crippen LogP contribution in [0, 0.1) is 16.0 Å². The molecule has 0 radical (unpaired) electrons. The molecule has 0 aliphatic carbocycles. The molecule has 1 N–H and O–H groups in total. The fourth-order valence-corrected chi connectivity index (χ4v) is 3.56. The van der Waals surface area contributed by atoms with Gasteiger partial charge in [0.05, 0.1) is 11.5 Å². The van der Waals surface area contributed by atoms with Crippen LogP contribution >= 0.6 is 0 Å². The molecular weight excluding hydrogens is 378 g/mol. The van der Waals surface area contributed by atoms with Crippen molar-refractivity contribution in [1.82, 2.24) is 15.1 Å². The molecule has 2 atom stereocenters. The van der Waals surface area contributed by atoms with E-state index in [-0.39, 0.29) is 12.3 Å². The maximum absolute atomic E-state index is 12.8. The molecule has 2 aliphatic rings. The van der Waals surface area contributed by atoms with Crippen molar-refractivity contribution in [1.29, 1.82) is 0 Å². The average molecular weight is 403 g/mol. The number of nitro groups is 1. The van der Waals surface area contributed by atoms with Crippen LogP contribution in [-0.4, -0.2) is 71.9 Å². The number of ether oxygens (including phenoxy) is 1. The Morgan fingerprint density at radius 2 is 2.03 bits per heavy atom. The first kappa shape index (κ1) is 20.7. The first-order valence-electron chi connectivity index (χ1n) is 9.71. The summed E-state index contributed by atoms with van der Waals surface area (Å²) in [4.78, 5) is 44.8. The Hall–Kier alpha value is -3.01. The number of hydrogen-bond donors (Lipinski definition) is 1. The minimum absolute atomic E-state index is 0.121. The predicted octanol–water partition coefficient (Wildman–Crippen LogP) is 0.939. The van der Waals surface area contributed by atoms with Crippen molar-refractivity contribution < 1.29 is 19.2 Å². The van der Waals surface area contributed by atoms with E-state index < -0.39 is 28.8 Å². The third-order valence-electron chi connectivity index (χ3n) is 5.18. The lowest BCUT2D eigenvalue weighted by Gasteiger charge is -2.38. The SMILES string of the molecule is CCOC(=O)C1C(=O)NC(N2CCN(CC)CC2)=NC1c1cccc([N+](=O)[O-])c1. The number of nitrogens with one attached hydrogen (secondary N) is 1. The fraction of sp³-hybridized carbons (Fsp3) is 0.526. The van der Waals surface area contributed by atoms with Crippen LogP contribution in [0.25, 0.3) is 0 Å². The topological polar surface area (TPSA) is 117 Å². The Kier molecular flexibility index (Phi) is 6.42. The number of nitro benzene ring substituents is 1. The van der Waals surface area contributed by atoms with Crippen molar-refractivity contribution >= 4 is 23.5 Å². The Morgan fingerprint density at radius 3 is 2.66 bits per heavy atom. The highest BCUT2D eigenvalue weighted by molar-refractivity contribution is 6.08. The van der Waals surface area contributed by atoms with Gasteiger partial charge in [0.1, 0.15) is 6.04 Å². The molecule has 1 fully saturated rings. The molecule has 0 spiro atoms. The fourth-order valence-electron chi connectivity index (χ4n) is 3.56. The van der Waals surface area contributed by atoms with Gasteiger partial charge in [0.15, 0.2) is 5.92 Å². The number of benzene rings is 1. The first-order chi connectivity index (χ1) is 13.9. The summed E-state index contributed by atoms with van der Waals surface area (Å²) >= 11 is 0. The zero-order valence-corrected chi connectivity index (χ0v) is 16.5. The number of amides is 1. The number of aliphatic imine (C=N–C) groups is 1. The van der Waals surface area contributed by atoms with Crippen molar-refractivity contribution in [3.05, 3.63) is 39.9 Å². The number of rotatable bonds is 5. The highest BCUT2D eigenvalue weighted by atomic mass is 16.6. The van der Waals surface area contributed by atoms with E-state index in [0.717, 1.165) is 19.6 Å². The van der Waals surface area contributed by atoms with Crippen molar-refractivity contribution in [2.75, 3.05) is 39.3 Å². The molecule has 1 aromatic rings. The van der Waals surface area contributed by atoms with Crippen LogP contribution in [0.5, 0.6) is 0 Å². The molecule has 0 bridgehead atoms. The summed E-state index contributed by atoms with van der Waals surface area (Å²) in [5.74, 6) is -2.01. The minimum atomic E-state index is -1.20. The van der Waals surface area contributed by atoms with Crippen LogP contribution in [-0.2, 0) is 14.3 Å². The summed E-state index contributed by atoms with van der Waals surface area (Å²) in [5, 5.41) is 13.9. The van der Waals surface area contributed by atoms with E-state index in [9.17, 15) is 19.7 Å². The van der Waals surface area contributed by atoms with E-state index in [1.54, 1.807) is 13.0 Å². The molecule has 1 amide bonds. The van der Waals surface area contributed by atoms with Crippen LogP contribution in [0.15, 0.2) is 29.3 Å². The lowest BCUT2D eigenvalue weighted by Crippen LogP contribution is -2.57. The number of esters is 1. The predicted molar refractivity (Wildman–Crippen MR) is 105 cm³/mol. The Labute approximate surface area is 168 Å². The lowest BCUT2D eigenvalue weighted by atomic mass is 9.91. The van der Waals surface area contributed by atoms with Gasteiger partial charge in [0, 0.05) is 38.3 Å². The number of likely N-dealkylation sites (N-methyl/N-ethyl adjacent to an activating group) is 1. The lowest BCUT2D eigenvalue weighted by molar-refractivity contribution is -0.384. The number of guanidine groups is 1. The highest BCUT2D eigenvalue weighted by Gasteiger charge is 2.42. The second-order valence-electron chi connectivity index (χ2n) is 6.89. The smallest absolute Gasteiger partial charge is 0.321 e.